The highest BCUT2D eigenvalue weighted by molar-refractivity contribution is 4.91. The summed E-state index contributed by atoms with van der Waals surface area (Å²) in [5, 5.41) is 0. The first-order valence-electron chi connectivity index (χ1n) is 13.1. The largest absolute Gasteiger partial charge is 0.330 e. The van der Waals surface area contributed by atoms with Crippen LogP contribution in [0, 0.1) is 17.8 Å². The summed E-state index contributed by atoms with van der Waals surface area (Å²) in [5.74, 6) is 2.31. The molecule has 8 N–H and O–H groups in total. The maximum atomic E-state index is 6.89. The van der Waals surface area contributed by atoms with E-state index in [9.17, 15) is 0 Å². The third-order valence-electron chi connectivity index (χ3n) is 7.96. The Morgan fingerprint density at radius 3 is 1.34 bits per heavy atom. The van der Waals surface area contributed by atoms with Crippen molar-refractivity contribution in [2.45, 2.75) is 134 Å². The molecule has 0 spiro atoms. The summed E-state index contributed by atoms with van der Waals surface area (Å²) in [7, 11) is 0. The molecule has 0 bridgehead atoms. The standard InChI is InChI=1S/C25H52N4/c26-19-9-7-5-3-1-2-4-6-8-10-24(29)25(20-11-15-22(27)16-12-20)21-13-17-23(28)18-14-21/h20-25H,1-19,26-29H2. The van der Waals surface area contributed by atoms with Crippen LogP contribution in [0.25, 0.3) is 0 Å². The van der Waals surface area contributed by atoms with Gasteiger partial charge in [0.25, 0.3) is 0 Å². The summed E-state index contributed by atoms with van der Waals surface area (Å²) in [4.78, 5) is 0. The van der Waals surface area contributed by atoms with Crippen molar-refractivity contribution in [1.82, 2.24) is 0 Å². The topological polar surface area (TPSA) is 104 Å². The van der Waals surface area contributed by atoms with Crippen LogP contribution in [-0.4, -0.2) is 24.7 Å². The number of rotatable bonds is 14. The molecule has 1 atom stereocenters. The van der Waals surface area contributed by atoms with Gasteiger partial charge in [-0.2, -0.15) is 0 Å². The molecule has 0 amide bonds. The van der Waals surface area contributed by atoms with E-state index < -0.39 is 0 Å². The first-order chi connectivity index (χ1) is 14.1. The minimum atomic E-state index is 0.380. The second-order valence-electron chi connectivity index (χ2n) is 10.4. The molecule has 2 saturated carbocycles. The Kier molecular flexibility index (Phi) is 12.8. The van der Waals surface area contributed by atoms with Gasteiger partial charge in [-0.3, -0.25) is 0 Å². The summed E-state index contributed by atoms with van der Waals surface area (Å²) in [6.45, 7) is 0.850. The molecule has 2 aliphatic rings. The summed E-state index contributed by atoms with van der Waals surface area (Å²) < 4.78 is 0. The Balaban J connectivity index is 1.68. The summed E-state index contributed by atoms with van der Waals surface area (Å²) in [5.41, 5.74) is 24.8. The molecule has 1 unspecified atom stereocenters. The predicted molar refractivity (Wildman–Crippen MR) is 127 cm³/mol. The zero-order valence-corrected chi connectivity index (χ0v) is 19.2. The normalized spacial score (nSPS) is 30.2. The Hall–Kier alpha value is -0.160. The third-order valence-corrected chi connectivity index (χ3v) is 7.96. The van der Waals surface area contributed by atoms with Crippen LogP contribution in [0.5, 0.6) is 0 Å². The maximum absolute atomic E-state index is 6.89. The van der Waals surface area contributed by atoms with Crippen LogP contribution in [0.1, 0.15) is 116 Å². The molecule has 29 heavy (non-hydrogen) atoms. The molecule has 0 aromatic rings. The molecule has 4 heteroatoms. The van der Waals surface area contributed by atoms with Crippen LogP contribution in [0.3, 0.4) is 0 Å². The maximum Gasteiger partial charge on any atom is 0.00724 e. The van der Waals surface area contributed by atoms with Gasteiger partial charge in [-0.05, 0) is 88.5 Å². The van der Waals surface area contributed by atoms with E-state index in [1.165, 1.54) is 116 Å². The fourth-order valence-electron chi connectivity index (χ4n) is 6.10. The fourth-order valence-corrected chi connectivity index (χ4v) is 6.10. The Bertz CT molecular complexity index is 364. The van der Waals surface area contributed by atoms with Crippen molar-refractivity contribution in [3.63, 3.8) is 0 Å². The smallest absolute Gasteiger partial charge is 0.00724 e. The average molecular weight is 409 g/mol. The van der Waals surface area contributed by atoms with E-state index >= 15 is 0 Å². The molecule has 0 saturated heterocycles. The molecule has 0 heterocycles. The van der Waals surface area contributed by atoms with Gasteiger partial charge in [0.05, 0.1) is 0 Å². The number of nitrogens with two attached hydrogens (primary N) is 4. The van der Waals surface area contributed by atoms with E-state index in [0.717, 1.165) is 18.4 Å². The molecule has 2 rings (SSSR count). The van der Waals surface area contributed by atoms with Gasteiger partial charge in [0.1, 0.15) is 0 Å². The lowest BCUT2D eigenvalue weighted by atomic mass is 9.65. The summed E-state index contributed by atoms with van der Waals surface area (Å²) >= 11 is 0. The predicted octanol–water partition coefficient (Wildman–Crippen LogP) is 4.82. The lowest BCUT2D eigenvalue weighted by Crippen LogP contribution is -2.44. The van der Waals surface area contributed by atoms with E-state index in [0.29, 0.717) is 24.0 Å². The van der Waals surface area contributed by atoms with E-state index in [1.807, 2.05) is 0 Å². The molecule has 0 radical (unpaired) electrons. The average Bonchev–Trinajstić information content (AvgIpc) is 2.72. The zero-order valence-electron chi connectivity index (χ0n) is 19.2. The van der Waals surface area contributed by atoms with Gasteiger partial charge in [0, 0.05) is 18.1 Å². The third kappa shape index (κ3) is 9.67. The van der Waals surface area contributed by atoms with Crippen LogP contribution in [-0.2, 0) is 0 Å². The Morgan fingerprint density at radius 1 is 0.552 bits per heavy atom. The molecule has 0 aliphatic heterocycles. The second kappa shape index (κ2) is 14.8. The highest BCUT2D eigenvalue weighted by atomic mass is 14.7. The van der Waals surface area contributed by atoms with E-state index in [1.54, 1.807) is 0 Å². The second-order valence-corrected chi connectivity index (χ2v) is 10.4. The highest BCUT2D eigenvalue weighted by Crippen LogP contribution is 2.41. The van der Waals surface area contributed by atoms with Crippen LogP contribution < -0.4 is 22.9 Å². The SMILES string of the molecule is NCCCCCCCCCCCC(N)C(C1CCC(N)CC1)C1CCC(N)CC1. The van der Waals surface area contributed by atoms with Crippen molar-refractivity contribution in [2.75, 3.05) is 6.54 Å². The molecular formula is C25H52N4. The number of unbranched alkanes of at least 4 members (excludes halogenated alkanes) is 8. The zero-order chi connectivity index (χ0) is 20.9. The number of hydrogen-bond acceptors (Lipinski definition) is 4. The van der Waals surface area contributed by atoms with E-state index in [4.69, 9.17) is 22.9 Å². The van der Waals surface area contributed by atoms with Crippen molar-refractivity contribution in [3.05, 3.63) is 0 Å². The van der Waals surface area contributed by atoms with Crippen molar-refractivity contribution in [3.8, 4) is 0 Å². The molecule has 4 nitrogen and oxygen atoms in total. The minimum absolute atomic E-state index is 0.380. The first kappa shape index (κ1) is 25.1. The monoisotopic (exact) mass is 408 g/mol. The van der Waals surface area contributed by atoms with Gasteiger partial charge in [-0.15, -0.1) is 0 Å². The van der Waals surface area contributed by atoms with Gasteiger partial charge in [0.2, 0.25) is 0 Å². The van der Waals surface area contributed by atoms with Crippen molar-refractivity contribution in [2.24, 2.45) is 40.7 Å². The fraction of sp³-hybridized carbons (Fsp3) is 1.00. The summed E-state index contributed by atoms with van der Waals surface area (Å²) in [6.07, 6.45) is 23.3. The van der Waals surface area contributed by atoms with Crippen LogP contribution in [0.4, 0.5) is 0 Å². The Morgan fingerprint density at radius 2 is 0.931 bits per heavy atom. The molecule has 0 aromatic carbocycles. The molecule has 0 aromatic heterocycles. The van der Waals surface area contributed by atoms with Gasteiger partial charge >= 0.3 is 0 Å². The van der Waals surface area contributed by atoms with Gasteiger partial charge < -0.3 is 22.9 Å². The van der Waals surface area contributed by atoms with Crippen molar-refractivity contribution >= 4 is 0 Å². The van der Waals surface area contributed by atoms with Gasteiger partial charge in [-0.1, -0.05) is 51.4 Å². The Labute approximate surface area is 181 Å². The van der Waals surface area contributed by atoms with E-state index in [-0.39, 0.29) is 0 Å². The summed E-state index contributed by atoms with van der Waals surface area (Å²) in [6, 6.07) is 1.24. The van der Waals surface area contributed by atoms with Crippen molar-refractivity contribution in [1.29, 1.82) is 0 Å². The van der Waals surface area contributed by atoms with E-state index in [2.05, 4.69) is 0 Å². The van der Waals surface area contributed by atoms with Gasteiger partial charge in [-0.25, -0.2) is 0 Å². The van der Waals surface area contributed by atoms with Crippen LogP contribution in [0.15, 0.2) is 0 Å². The number of hydrogen-bond donors (Lipinski definition) is 4. The first-order valence-corrected chi connectivity index (χ1v) is 13.1. The lowest BCUT2D eigenvalue weighted by Gasteiger charge is -2.43. The van der Waals surface area contributed by atoms with Crippen molar-refractivity contribution < 1.29 is 0 Å². The molecule has 172 valence electrons. The highest BCUT2D eigenvalue weighted by Gasteiger charge is 2.36. The van der Waals surface area contributed by atoms with Crippen LogP contribution >= 0.6 is 0 Å². The van der Waals surface area contributed by atoms with Gasteiger partial charge in [0.15, 0.2) is 0 Å². The minimum Gasteiger partial charge on any atom is -0.330 e. The molecular weight excluding hydrogens is 356 g/mol. The molecule has 2 aliphatic carbocycles. The lowest BCUT2D eigenvalue weighted by molar-refractivity contribution is 0.105. The quantitative estimate of drug-likeness (QED) is 0.309. The van der Waals surface area contributed by atoms with Crippen LogP contribution in [0.2, 0.25) is 0 Å². The molecule has 2 fully saturated rings.